The Morgan fingerprint density at radius 3 is 2.79 bits per heavy atom. The van der Waals surface area contributed by atoms with Crippen molar-refractivity contribution in [2.24, 2.45) is 5.73 Å². The molecule has 1 rings (SSSR count). The largest absolute Gasteiger partial charge is 0.327 e. The van der Waals surface area contributed by atoms with Crippen molar-refractivity contribution < 1.29 is 4.39 Å². The summed E-state index contributed by atoms with van der Waals surface area (Å²) < 4.78 is 13.0. The van der Waals surface area contributed by atoms with Crippen LogP contribution in [0.25, 0.3) is 6.08 Å². The second kappa shape index (κ2) is 5.13. The van der Waals surface area contributed by atoms with Crippen molar-refractivity contribution in [1.82, 2.24) is 0 Å². The van der Waals surface area contributed by atoms with Gasteiger partial charge in [0.25, 0.3) is 0 Å². The molecule has 0 amide bonds. The molecule has 76 valence electrons. The number of halogens is 2. The summed E-state index contributed by atoms with van der Waals surface area (Å²) in [6.07, 6.45) is 2.76. The van der Waals surface area contributed by atoms with E-state index < -0.39 is 5.82 Å². The molecule has 1 aromatic carbocycles. The fourth-order valence-electron chi connectivity index (χ4n) is 1.14. The topological polar surface area (TPSA) is 26.0 Å². The molecule has 0 radical (unpaired) electrons. The Kier molecular flexibility index (Phi) is 4.11. The molecule has 0 saturated carbocycles. The molecule has 0 atom stereocenters. The summed E-state index contributed by atoms with van der Waals surface area (Å²) in [6, 6.07) is 4.73. The van der Waals surface area contributed by atoms with Crippen LogP contribution in [0, 0.1) is 5.82 Å². The van der Waals surface area contributed by atoms with Crippen LogP contribution >= 0.6 is 11.6 Å². The predicted molar refractivity (Wildman–Crippen MR) is 58.7 cm³/mol. The average molecular weight is 214 g/mol. The van der Waals surface area contributed by atoms with Gasteiger partial charge in [-0.15, -0.1) is 0 Å². The number of nitrogens with two attached hydrogens (primary N) is 1. The smallest absolute Gasteiger partial charge is 0.142 e. The van der Waals surface area contributed by atoms with Gasteiger partial charge in [-0.25, -0.2) is 4.39 Å². The minimum Gasteiger partial charge on any atom is -0.327 e. The summed E-state index contributed by atoms with van der Waals surface area (Å²) in [5.41, 5.74) is 7.40. The van der Waals surface area contributed by atoms with Gasteiger partial charge in [0.05, 0.1) is 5.02 Å². The molecule has 2 N–H and O–H groups in total. The van der Waals surface area contributed by atoms with Crippen molar-refractivity contribution in [1.29, 1.82) is 0 Å². The minimum atomic E-state index is -0.395. The van der Waals surface area contributed by atoms with Crippen LogP contribution in [0.2, 0.25) is 5.02 Å². The highest BCUT2D eigenvalue weighted by Crippen LogP contribution is 2.17. The van der Waals surface area contributed by atoms with Crippen LogP contribution in [-0.4, -0.2) is 6.54 Å². The van der Waals surface area contributed by atoms with E-state index >= 15 is 0 Å². The first-order valence-electron chi connectivity index (χ1n) is 4.52. The highest BCUT2D eigenvalue weighted by molar-refractivity contribution is 6.30. The maximum atomic E-state index is 13.0. The van der Waals surface area contributed by atoms with E-state index in [2.05, 4.69) is 0 Å². The Morgan fingerprint density at radius 2 is 2.29 bits per heavy atom. The van der Waals surface area contributed by atoms with Gasteiger partial charge < -0.3 is 5.73 Å². The quantitative estimate of drug-likeness (QED) is 0.820. The third kappa shape index (κ3) is 2.82. The lowest BCUT2D eigenvalue weighted by atomic mass is 10.1. The molecule has 1 aromatic rings. The SMILES string of the molecule is CC/C(=C/c1ccc(Cl)c(F)c1)CN. The fraction of sp³-hybridized carbons (Fsp3) is 0.273. The van der Waals surface area contributed by atoms with Crippen molar-refractivity contribution >= 4 is 17.7 Å². The molecule has 1 nitrogen and oxygen atoms in total. The standard InChI is InChI=1S/C11H13ClFN/c1-2-8(7-14)5-9-3-4-10(12)11(13)6-9/h3-6H,2,7,14H2,1H3/b8-5-. The van der Waals surface area contributed by atoms with Crippen LogP contribution in [-0.2, 0) is 0 Å². The van der Waals surface area contributed by atoms with Crippen LogP contribution in [0.1, 0.15) is 18.9 Å². The summed E-state index contributed by atoms with van der Waals surface area (Å²) in [5, 5.41) is 0.146. The molecule has 14 heavy (non-hydrogen) atoms. The molecule has 0 unspecified atom stereocenters. The van der Waals surface area contributed by atoms with E-state index in [0.717, 1.165) is 17.6 Å². The maximum Gasteiger partial charge on any atom is 0.142 e. The molecular formula is C11H13ClFN. The highest BCUT2D eigenvalue weighted by Gasteiger charge is 1.99. The van der Waals surface area contributed by atoms with E-state index in [0.29, 0.717) is 6.54 Å². The zero-order valence-electron chi connectivity index (χ0n) is 8.06. The van der Waals surface area contributed by atoms with Crippen LogP contribution in [0.5, 0.6) is 0 Å². The summed E-state index contributed by atoms with van der Waals surface area (Å²) in [5.74, 6) is -0.395. The van der Waals surface area contributed by atoms with E-state index in [9.17, 15) is 4.39 Å². The summed E-state index contributed by atoms with van der Waals surface area (Å²) >= 11 is 5.56. The first-order valence-corrected chi connectivity index (χ1v) is 4.89. The molecule has 0 spiro atoms. The van der Waals surface area contributed by atoms with Gasteiger partial charge in [0.15, 0.2) is 0 Å². The van der Waals surface area contributed by atoms with Crippen LogP contribution in [0.4, 0.5) is 4.39 Å². The van der Waals surface area contributed by atoms with Crippen LogP contribution in [0.3, 0.4) is 0 Å². The molecule has 0 saturated heterocycles. The maximum absolute atomic E-state index is 13.0. The van der Waals surface area contributed by atoms with Gasteiger partial charge in [-0.05, 0) is 24.1 Å². The van der Waals surface area contributed by atoms with E-state index in [4.69, 9.17) is 17.3 Å². The molecule has 0 aliphatic carbocycles. The Bertz CT molecular complexity index is 341. The minimum absolute atomic E-state index is 0.146. The third-order valence-corrected chi connectivity index (χ3v) is 2.34. The Balaban J connectivity index is 2.97. The Labute approximate surface area is 88.4 Å². The average Bonchev–Trinajstić information content (AvgIpc) is 2.19. The molecule has 0 aliphatic rings. The van der Waals surface area contributed by atoms with Gasteiger partial charge in [-0.2, -0.15) is 0 Å². The van der Waals surface area contributed by atoms with E-state index in [1.54, 1.807) is 12.1 Å². The normalized spacial score (nSPS) is 11.9. The lowest BCUT2D eigenvalue weighted by Gasteiger charge is -2.01. The zero-order valence-corrected chi connectivity index (χ0v) is 8.81. The van der Waals surface area contributed by atoms with Gasteiger partial charge in [0.2, 0.25) is 0 Å². The summed E-state index contributed by atoms with van der Waals surface area (Å²) in [6.45, 7) is 2.52. The Morgan fingerprint density at radius 1 is 1.57 bits per heavy atom. The summed E-state index contributed by atoms with van der Waals surface area (Å²) in [7, 11) is 0. The number of hydrogen-bond donors (Lipinski definition) is 1. The van der Waals surface area contributed by atoms with Crippen molar-refractivity contribution in [3.63, 3.8) is 0 Å². The lowest BCUT2D eigenvalue weighted by Crippen LogP contribution is -2.01. The molecule has 0 fully saturated rings. The van der Waals surface area contributed by atoms with E-state index in [1.807, 2.05) is 13.0 Å². The van der Waals surface area contributed by atoms with Gasteiger partial charge in [0, 0.05) is 6.54 Å². The van der Waals surface area contributed by atoms with Crippen molar-refractivity contribution in [3.8, 4) is 0 Å². The lowest BCUT2D eigenvalue weighted by molar-refractivity contribution is 0.628. The highest BCUT2D eigenvalue weighted by atomic mass is 35.5. The van der Waals surface area contributed by atoms with Crippen molar-refractivity contribution in [2.45, 2.75) is 13.3 Å². The monoisotopic (exact) mass is 213 g/mol. The van der Waals surface area contributed by atoms with E-state index in [1.165, 1.54) is 6.07 Å². The van der Waals surface area contributed by atoms with Crippen LogP contribution in [0.15, 0.2) is 23.8 Å². The van der Waals surface area contributed by atoms with Gasteiger partial charge in [-0.1, -0.05) is 36.2 Å². The van der Waals surface area contributed by atoms with Gasteiger partial charge in [0.1, 0.15) is 5.82 Å². The molecule has 3 heteroatoms. The fourth-order valence-corrected chi connectivity index (χ4v) is 1.26. The van der Waals surface area contributed by atoms with Crippen LogP contribution < -0.4 is 5.73 Å². The molecule has 0 bridgehead atoms. The molecular weight excluding hydrogens is 201 g/mol. The molecule has 0 aliphatic heterocycles. The second-order valence-electron chi connectivity index (χ2n) is 3.03. The summed E-state index contributed by atoms with van der Waals surface area (Å²) in [4.78, 5) is 0. The van der Waals surface area contributed by atoms with Crippen molar-refractivity contribution in [3.05, 3.63) is 40.2 Å². The van der Waals surface area contributed by atoms with Gasteiger partial charge >= 0.3 is 0 Å². The first-order chi connectivity index (χ1) is 6.67. The number of benzene rings is 1. The zero-order chi connectivity index (χ0) is 10.6. The number of hydrogen-bond acceptors (Lipinski definition) is 1. The molecule has 0 heterocycles. The van der Waals surface area contributed by atoms with E-state index in [-0.39, 0.29) is 5.02 Å². The Hall–Kier alpha value is -0.860. The third-order valence-electron chi connectivity index (χ3n) is 2.03. The first kappa shape index (κ1) is 11.2. The number of rotatable bonds is 3. The van der Waals surface area contributed by atoms with Gasteiger partial charge in [-0.3, -0.25) is 0 Å². The second-order valence-corrected chi connectivity index (χ2v) is 3.44. The van der Waals surface area contributed by atoms with Crippen molar-refractivity contribution in [2.75, 3.05) is 6.54 Å². The molecule has 0 aromatic heterocycles. The predicted octanol–water partition coefficient (Wildman–Crippen LogP) is 3.23.